The number of nitrogen functional groups attached to an aromatic ring is 1. The summed E-state index contributed by atoms with van der Waals surface area (Å²) < 4.78 is 28.1. The lowest BCUT2D eigenvalue weighted by Gasteiger charge is -2.09. The minimum absolute atomic E-state index is 0.201. The summed E-state index contributed by atoms with van der Waals surface area (Å²) in [6.07, 6.45) is 0. The molecule has 3 nitrogen and oxygen atoms in total. The molecular weight excluding hydrogens is 398 g/mol. The van der Waals surface area contributed by atoms with E-state index in [-0.39, 0.29) is 10.0 Å². The molecule has 0 unspecified atom stereocenters. The first-order valence-corrected chi connectivity index (χ1v) is 6.98. The van der Waals surface area contributed by atoms with Gasteiger partial charge in [0.25, 0.3) is 5.91 Å². The summed E-state index contributed by atoms with van der Waals surface area (Å²) in [6.45, 7) is 0. The maximum absolute atomic E-state index is 13.6. The van der Waals surface area contributed by atoms with Crippen molar-refractivity contribution in [1.82, 2.24) is 0 Å². The third-order valence-electron chi connectivity index (χ3n) is 2.50. The topological polar surface area (TPSA) is 55.1 Å². The Morgan fingerprint density at radius 3 is 2.25 bits per heavy atom. The summed E-state index contributed by atoms with van der Waals surface area (Å²) >= 11 is 6.16. The number of halogens is 4. The number of rotatable bonds is 2. The molecule has 2 rings (SSSR count). The molecule has 104 valence electrons. The average molecular weight is 406 g/mol. The van der Waals surface area contributed by atoms with E-state index in [4.69, 9.17) is 5.73 Å². The summed E-state index contributed by atoms with van der Waals surface area (Å²) in [7, 11) is 0. The molecular formula is C13H8Br2F2N2O. The van der Waals surface area contributed by atoms with Gasteiger partial charge in [-0.25, -0.2) is 8.78 Å². The van der Waals surface area contributed by atoms with Gasteiger partial charge >= 0.3 is 0 Å². The summed E-state index contributed by atoms with van der Waals surface area (Å²) in [5.74, 6) is -2.38. The van der Waals surface area contributed by atoms with Gasteiger partial charge in [0.15, 0.2) is 11.6 Å². The Hall–Kier alpha value is -1.47. The predicted molar refractivity (Wildman–Crippen MR) is 80.6 cm³/mol. The fourth-order valence-electron chi connectivity index (χ4n) is 1.53. The second kappa shape index (κ2) is 5.88. The van der Waals surface area contributed by atoms with E-state index < -0.39 is 23.2 Å². The van der Waals surface area contributed by atoms with Crippen molar-refractivity contribution in [3.63, 3.8) is 0 Å². The van der Waals surface area contributed by atoms with Gasteiger partial charge in [-0.05, 0) is 46.3 Å². The lowest BCUT2D eigenvalue weighted by atomic mass is 10.2. The van der Waals surface area contributed by atoms with Gasteiger partial charge in [0.05, 0.1) is 0 Å². The molecule has 0 radical (unpaired) electrons. The lowest BCUT2D eigenvalue weighted by molar-refractivity contribution is 0.102. The van der Waals surface area contributed by atoms with Crippen LogP contribution >= 0.6 is 31.9 Å². The van der Waals surface area contributed by atoms with Gasteiger partial charge in [-0.2, -0.15) is 0 Å². The number of amides is 1. The number of carbonyl (C=O) groups is 1. The van der Waals surface area contributed by atoms with Gasteiger partial charge in [-0.15, -0.1) is 0 Å². The highest BCUT2D eigenvalue weighted by atomic mass is 79.9. The van der Waals surface area contributed by atoms with Crippen LogP contribution in [0.5, 0.6) is 0 Å². The summed E-state index contributed by atoms with van der Waals surface area (Å²) in [6, 6.07) is 6.61. The zero-order chi connectivity index (χ0) is 14.9. The van der Waals surface area contributed by atoms with Crippen LogP contribution in [0.4, 0.5) is 20.2 Å². The second-order valence-corrected chi connectivity index (χ2v) is 5.70. The Kier molecular flexibility index (Phi) is 4.39. The van der Waals surface area contributed by atoms with E-state index in [0.717, 1.165) is 12.1 Å². The SMILES string of the molecule is Nc1cc(C(=O)Nc2c(F)cc(Br)cc2F)ccc1Br. The highest BCUT2D eigenvalue weighted by Crippen LogP contribution is 2.25. The van der Waals surface area contributed by atoms with Crippen LogP contribution in [-0.2, 0) is 0 Å². The van der Waals surface area contributed by atoms with Crippen LogP contribution in [0.3, 0.4) is 0 Å². The molecule has 20 heavy (non-hydrogen) atoms. The molecule has 7 heteroatoms. The van der Waals surface area contributed by atoms with E-state index in [1.165, 1.54) is 12.1 Å². The Labute approximate surface area is 130 Å². The van der Waals surface area contributed by atoms with Crippen molar-refractivity contribution in [3.8, 4) is 0 Å². The molecule has 2 aromatic rings. The van der Waals surface area contributed by atoms with Gasteiger partial charge < -0.3 is 11.1 Å². The van der Waals surface area contributed by atoms with E-state index in [2.05, 4.69) is 37.2 Å². The monoisotopic (exact) mass is 404 g/mol. The molecule has 3 N–H and O–H groups in total. The molecule has 0 saturated carbocycles. The van der Waals surface area contributed by atoms with Gasteiger partial charge in [-0.3, -0.25) is 4.79 Å². The molecule has 0 fully saturated rings. The van der Waals surface area contributed by atoms with Crippen LogP contribution in [-0.4, -0.2) is 5.91 Å². The second-order valence-electron chi connectivity index (χ2n) is 3.93. The summed E-state index contributed by atoms with van der Waals surface area (Å²) in [5, 5.41) is 2.19. The van der Waals surface area contributed by atoms with Crippen LogP contribution in [0.1, 0.15) is 10.4 Å². The number of nitrogens with two attached hydrogens (primary N) is 1. The van der Waals surface area contributed by atoms with Gasteiger partial charge in [-0.1, -0.05) is 15.9 Å². The smallest absolute Gasteiger partial charge is 0.255 e. The molecule has 0 aromatic heterocycles. The van der Waals surface area contributed by atoms with Gasteiger partial charge in [0.2, 0.25) is 0 Å². The minimum atomic E-state index is -0.865. The Morgan fingerprint density at radius 1 is 1.10 bits per heavy atom. The molecule has 0 aliphatic heterocycles. The Morgan fingerprint density at radius 2 is 1.70 bits per heavy atom. The number of carbonyl (C=O) groups excluding carboxylic acids is 1. The van der Waals surface area contributed by atoms with E-state index >= 15 is 0 Å². The number of benzene rings is 2. The Bertz CT molecular complexity index is 669. The van der Waals surface area contributed by atoms with Crippen molar-refractivity contribution in [2.75, 3.05) is 11.1 Å². The predicted octanol–water partition coefficient (Wildman–Crippen LogP) is 4.32. The van der Waals surface area contributed by atoms with E-state index in [1.807, 2.05) is 0 Å². The normalized spacial score (nSPS) is 10.4. The molecule has 0 spiro atoms. The van der Waals surface area contributed by atoms with Crippen molar-refractivity contribution in [1.29, 1.82) is 0 Å². The molecule has 0 bridgehead atoms. The summed E-state index contributed by atoms with van der Waals surface area (Å²) in [4.78, 5) is 11.9. The van der Waals surface area contributed by atoms with Crippen LogP contribution in [0, 0.1) is 11.6 Å². The first-order chi connectivity index (χ1) is 9.38. The molecule has 2 aromatic carbocycles. The molecule has 0 heterocycles. The molecule has 0 saturated heterocycles. The fourth-order valence-corrected chi connectivity index (χ4v) is 2.18. The van der Waals surface area contributed by atoms with Crippen LogP contribution in [0.15, 0.2) is 39.3 Å². The van der Waals surface area contributed by atoms with Crippen molar-refractivity contribution in [2.45, 2.75) is 0 Å². The third kappa shape index (κ3) is 3.16. The van der Waals surface area contributed by atoms with Gasteiger partial charge in [0, 0.05) is 20.2 Å². The van der Waals surface area contributed by atoms with Crippen LogP contribution in [0.2, 0.25) is 0 Å². The van der Waals surface area contributed by atoms with Crippen LogP contribution in [0.25, 0.3) is 0 Å². The largest absolute Gasteiger partial charge is 0.398 e. The summed E-state index contributed by atoms with van der Waals surface area (Å²) in [5.41, 5.74) is 5.71. The number of hydrogen-bond donors (Lipinski definition) is 2. The van der Waals surface area contributed by atoms with Crippen molar-refractivity contribution in [3.05, 3.63) is 56.5 Å². The molecule has 1 amide bonds. The highest BCUT2D eigenvalue weighted by Gasteiger charge is 2.15. The maximum atomic E-state index is 13.6. The van der Waals surface area contributed by atoms with Crippen molar-refractivity contribution in [2.24, 2.45) is 0 Å². The quantitative estimate of drug-likeness (QED) is 0.731. The first-order valence-electron chi connectivity index (χ1n) is 5.39. The molecule has 0 aliphatic carbocycles. The minimum Gasteiger partial charge on any atom is -0.398 e. The number of nitrogens with one attached hydrogen (secondary N) is 1. The molecule has 0 aliphatic rings. The maximum Gasteiger partial charge on any atom is 0.255 e. The fraction of sp³-hybridized carbons (Fsp3) is 0. The lowest BCUT2D eigenvalue weighted by Crippen LogP contribution is -2.14. The third-order valence-corrected chi connectivity index (χ3v) is 3.68. The van der Waals surface area contributed by atoms with Crippen LogP contribution < -0.4 is 11.1 Å². The van der Waals surface area contributed by atoms with Gasteiger partial charge in [0.1, 0.15) is 5.69 Å². The van der Waals surface area contributed by atoms with Crippen molar-refractivity contribution >= 4 is 49.1 Å². The number of anilines is 2. The standard InChI is InChI=1S/C13H8Br2F2N2O/c14-7-4-9(16)12(10(17)5-7)19-13(20)6-1-2-8(15)11(18)3-6/h1-5H,18H2,(H,19,20). The zero-order valence-electron chi connectivity index (χ0n) is 9.88. The first kappa shape index (κ1) is 14.9. The Balaban J connectivity index is 2.30. The highest BCUT2D eigenvalue weighted by molar-refractivity contribution is 9.10. The zero-order valence-corrected chi connectivity index (χ0v) is 13.1. The van der Waals surface area contributed by atoms with E-state index in [0.29, 0.717) is 10.2 Å². The van der Waals surface area contributed by atoms with E-state index in [9.17, 15) is 13.6 Å². The van der Waals surface area contributed by atoms with Crippen molar-refractivity contribution < 1.29 is 13.6 Å². The average Bonchev–Trinajstić information content (AvgIpc) is 2.36. The molecule has 0 atom stereocenters. The van der Waals surface area contributed by atoms with E-state index in [1.54, 1.807) is 6.07 Å². The number of hydrogen-bond acceptors (Lipinski definition) is 2.